The molecule has 2 aromatic rings. The van der Waals surface area contributed by atoms with Crippen molar-refractivity contribution >= 4 is 5.91 Å². The molecule has 5 rings (SSSR count). The Morgan fingerprint density at radius 2 is 1.73 bits per heavy atom. The summed E-state index contributed by atoms with van der Waals surface area (Å²) in [7, 11) is 0. The summed E-state index contributed by atoms with van der Waals surface area (Å²) in [5.41, 5.74) is 4.40. The van der Waals surface area contributed by atoms with Crippen LogP contribution in [0.4, 0.5) is 0 Å². The Bertz CT molecular complexity index is 944. The molecule has 0 spiro atoms. The van der Waals surface area contributed by atoms with Gasteiger partial charge in [-0.2, -0.15) is 5.10 Å². The zero-order valence-electron chi connectivity index (χ0n) is 20.0. The van der Waals surface area contributed by atoms with Gasteiger partial charge in [-0.05, 0) is 64.5 Å². The minimum atomic E-state index is 0.271. The van der Waals surface area contributed by atoms with Crippen molar-refractivity contribution in [2.24, 2.45) is 0 Å². The number of carbonyl (C=O) groups excluding carboxylic acids is 1. The largest absolute Gasteiger partial charge is 0.339 e. The van der Waals surface area contributed by atoms with E-state index in [0.717, 1.165) is 69.3 Å². The highest BCUT2D eigenvalue weighted by Crippen LogP contribution is 2.20. The number of piperazine rings is 1. The number of likely N-dealkylation sites (tertiary alicyclic amines) is 1. The van der Waals surface area contributed by atoms with Gasteiger partial charge in [0.15, 0.2) is 0 Å². The standard InChI is InChI=1S/C25H37N7O/c1-21-17-23(5-7-26-21)32-19-22-18-30(12-6-24(22)27-32)20-25(33)31-15-13-29(14-16-31)11-4-10-28-8-2-3-9-28/h5,7,17,19H,2-4,6,8-16,18,20H2,1H3. The summed E-state index contributed by atoms with van der Waals surface area (Å²) in [6, 6.07) is 4.03. The van der Waals surface area contributed by atoms with Crippen LogP contribution in [0.5, 0.6) is 0 Å². The van der Waals surface area contributed by atoms with E-state index in [4.69, 9.17) is 5.10 Å². The molecule has 178 valence electrons. The van der Waals surface area contributed by atoms with Crippen molar-refractivity contribution in [3.05, 3.63) is 41.5 Å². The summed E-state index contributed by atoms with van der Waals surface area (Å²) in [5, 5.41) is 4.78. The van der Waals surface area contributed by atoms with E-state index in [1.165, 1.54) is 44.5 Å². The van der Waals surface area contributed by atoms with Gasteiger partial charge in [0.25, 0.3) is 0 Å². The Balaban J connectivity index is 1.07. The maximum absolute atomic E-state index is 13.0. The first-order valence-electron chi connectivity index (χ1n) is 12.6. The zero-order chi connectivity index (χ0) is 22.6. The minimum Gasteiger partial charge on any atom is -0.339 e. The van der Waals surface area contributed by atoms with E-state index in [9.17, 15) is 4.79 Å². The lowest BCUT2D eigenvalue weighted by molar-refractivity contribution is -0.134. The highest BCUT2D eigenvalue weighted by Gasteiger charge is 2.26. The first kappa shape index (κ1) is 22.5. The molecule has 33 heavy (non-hydrogen) atoms. The third-order valence-corrected chi connectivity index (χ3v) is 7.31. The van der Waals surface area contributed by atoms with Crippen molar-refractivity contribution in [1.29, 1.82) is 0 Å². The van der Waals surface area contributed by atoms with Crippen molar-refractivity contribution in [2.75, 3.05) is 65.4 Å². The van der Waals surface area contributed by atoms with Crippen molar-refractivity contribution in [2.45, 2.75) is 39.2 Å². The number of nitrogens with zero attached hydrogens (tertiary/aromatic N) is 7. The Hall–Kier alpha value is -2.29. The van der Waals surface area contributed by atoms with Gasteiger partial charge in [0, 0.05) is 69.3 Å². The van der Waals surface area contributed by atoms with Crippen LogP contribution in [0.3, 0.4) is 0 Å². The number of amides is 1. The van der Waals surface area contributed by atoms with E-state index < -0.39 is 0 Å². The molecule has 3 aliphatic rings. The molecule has 0 N–H and O–H groups in total. The quantitative estimate of drug-likeness (QED) is 0.637. The molecule has 2 aromatic heterocycles. The summed E-state index contributed by atoms with van der Waals surface area (Å²) < 4.78 is 1.95. The normalized spacial score (nSPS) is 20.3. The van der Waals surface area contributed by atoms with Crippen LogP contribution in [0.2, 0.25) is 0 Å². The van der Waals surface area contributed by atoms with Crippen LogP contribution in [-0.2, 0) is 17.8 Å². The van der Waals surface area contributed by atoms with E-state index in [-0.39, 0.29) is 5.91 Å². The number of aromatic nitrogens is 3. The van der Waals surface area contributed by atoms with E-state index in [2.05, 4.69) is 30.8 Å². The van der Waals surface area contributed by atoms with Crippen molar-refractivity contribution in [1.82, 2.24) is 34.4 Å². The molecule has 5 heterocycles. The molecule has 0 radical (unpaired) electrons. The van der Waals surface area contributed by atoms with Crippen molar-refractivity contribution < 1.29 is 4.79 Å². The van der Waals surface area contributed by atoms with Gasteiger partial charge >= 0.3 is 0 Å². The maximum atomic E-state index is 13.0. The van der Waals surface area contributed by atoms with Crippen LogP contribution in [0.15, 0.2) is 24.5 Å². The fraction of sp³-hybridized carbons (Fsp3) is 0.640. The average Bonchev–Trinajstić information content (AvgIpc) is 3.49. The molecular weight excluding hydrogens is 414 g/mol. The Kier molecular flexibility index (Phi) is 7.04. The lowest BCUT2D eigenvalue weighted by Gasteiger charge is -2.36. The number of hydrogen-bond donors (Lipinski definition) is 0. The SMILES string of the molecule is Cc1cc(-n2cc3c(n2)CCN(CC(=O)N2CCN(CCCN4CCCC4)CC2)C3)ccn1. The van der Waals surface area contributed by atoms with Crippen molar-refractivity contribution in [3.8, 4) is 5.69 Å². The van der Waals surface area contributed by atoms with Gasteiger partial charge in [-0.15, -0.1) is 0 Å². The number of hydrogen-bond acceptors (Lipinski definition) is 6. The number of pyridine rings is 1. The monoisotopic (exact) mass is 451 g/mol. The maximum Gasteiger partial charge on any atom is 0.236 e. The molecule has 2 saturated heterocycles. The molecule has 3 aliphatic heterocycles. The fourth-order valence-corrected chi connectivity index (χ4v) is 5.35. The lowest BCUT2D eigenvalue weighted by Crippen LogP contribution is -2.51. The summed E-state index contributed by atoms with van der Waals surface area (Å²) in [6.07, 6.45) is 8.81. The first-order valence-corrected chi connectivity index (χ1v) is 12.6. The minimum absolute atomic E-state index is 0.271. The summed E-state index contributed by atoms with van der Waals surface area (Å²) in [5.74, 6) is 0.271. The molecule has 0 aliphatic carbocycles. The highest BCUT2D eigenvalue weighted by molar-refractivity contribution is 5.78. The number of carbonyl (C=O) groups is 1. The van der Waals surface area contributed by atoms with Crippen LogP contribution in [-0.4, -0.2) is 106 Å². The predicted octanol–water partition coefficient (Wildman–Crippen LogP) is 1.56. The van der Waals surface area contributed by atoms with Crippen LogP contribution >= 0.6 is 0 Å². The first-order chi connectivity index (χ1) is 16.1. The van der Waals surface area contributed by atoms with E-state index in [1.807, 2.05) is 29.9 Å². The number of rotatable bonds is 7. The van der Waals surface area contributed by atoms with E-state index in [0.29, 0.717) is 6.54 Å². The lowest BCUT2D eigenvalue weighted by atomic mass is 10.1. The average molecular weight is 452 g/mol. The molecule has 1 amide bonds. The predicted molar refractivity (Wildman–Crippen MR) is 128 cm³/mol. The van der Waals surface area contributed by atoms with Crippen LogP contribution in [0.25, 0.3) is 5.69 Å². The highest BCUT2D eigenvalue weighted by atomic mass is 16.2. The van der Waals surface area contributed by atoms with Gasteiger partial charge in [0.2, 0.25) is 5.91 Å². The van der Waals surface area contributed by atoms with E-state index in [1.54, 1.807) is 0 Å². The third kappa shape index (κ3) is 5.62. The van der Waals surface area contributed by atoms with Crippen LogP contribution < -0.4 is 0 Å². The van der Waals surface area contributed by atoms with Crippen LogP contribution in [0, 0.1) is 6.92 Å². The molecule has 0 bridgehead atoms. The molecule has 8 nitrogen and oxygen atoms in total. The molecule has 8 heteroatoms. The molecule has 0 atom stereocenters. The second-order valence-electron chi connectivity index (χ2n) is 9.79. The summed E-state index contributed by atoms with van der Waals surface area (Å²) in [6.45, 7) is 12.9. The fourth-order valence-electron chi connectivity index (χ4n) is 5.35. The second kappa shape index (κ2) is 10.3. The zero-order valence-corrected chi connectivity index (χ0v) is 20.0. The number of fused-ring (bicyclic) bond motifs is 1. The Morgan fingerprint density at radius 3 is 2.48 bits per heavy atom. The Labute approximate surface area is 197 Å². The molecular formula is C25H37N7O. The number of aryl methyl sites for hydroxylation is 1. The molecule has 0 aromatic carbocycles. The molecule has 2 fully saturated rings. The van der Waals surface area contributed by atoms with E-state index >= 15 is 0 Å². The smallest absolute Gasteiger partial charge is 0.236 e. The molecule has 0 saturated carbocycles. The van der Waals surface area contributed by atoms with Gasteiger partial charge in [0.1, 0.15) is 0 Å². The van der Waals surface area contributed by atoms with Gasteiger partial charge in [-0.1, -0.05) is 0 Å². The topological polar surface area (TPSA) is 60.7 Å². The molecule has 0 unspecified atom stereocenters. The summed E-state index contributed by atoms with van der Waals surface area (Å²) in [4.78, 5) is 26.7. The van der Waals surface area contributed by atoms with Gasteiger partial charge in [-0.25, -0.2) is 4.68 Å². The Morgan fingerprint density at radius 1 is 0.970 bits per heavy atom. The third-order valence-electron chi connectivity index (χ3n) is 7.31. The van der Waals surface area contributed by atoms with Gasteiger partial charge < -0.3 is 9.80 Å². The van der Waals surface area contributed by atoms with Gasteiger partial charge in [0.05, 0.1) is 17.9 Å². The van der Waals surface area contributed by atoms with Crippen molar-refractivity contribution in [3.63, 3.8) is 0 Å². The second-order valence-corrected chi connectivity index (χ2v) is 9.79. The van der Waals surface area contributed by atoms with Crippen LogP contribution in [0.1, 0.15) is 36.2 Å². The summed E-state index contributed by atoms with van der Waals surface area (Å²) >= 11 is 0. The van der Waals surface area contributed by atoms with Gasteiger partial charge in [-0.3, -0.25) is 19.6 Å².